The monoisotopic (exact) mass is 288 g/mol. The lowest BCUT2D eigenvalue weighted by molar-refractivity contribution is 0.578. The third-order valence-electron chi connectivity index (χ3n) is 3.63. The van der Waals surface area contributed by atoms with Gasteiger partial charge in [-0.3, -0.25) is 0 Å². The Balaban J connectivity index is 0.000000394. The van der Waals surface area contributed by atoms with Crippen LogP contribution in [-0.4, -0.2) is 0 Å². The third-order valence-corrected chi connectivity index (χ3v) is 3.63. The summed E-state index contributed by atoms with van der Waals surface area (Å²) in [7, 11) is 0. The highest BCUT2D eigenvalue weighted by Crippen LogP contribution is 2.09. The molecule has 0 bridgehead atoms. The molecule has 0 spiro atoms. The fraction of sp³-hybridized carbons (Fsp3) is 0.619. The molecule has 1 aromatic carbocycles. The fourth-order valence-corrected chi connectivity index (χ4v) is 2.62. The highest BCUT2D eigenvalue weighted by Gasteiger charge is 1.89. The molecule has 1 rings (SSSR count). The second-order valence-corrected chi connectivity index (χ2v) is 6.22. The summed E-state index contributed by atoms with van der Waals surface area (Å²) in [5.74, 6) is 0. The van der Waals surface area contributed by atoms with E-state index in [0.717, 1.165) is 0 Å². The van der Waals surface area contributed by atoms with E-state index in [1.165, 1.54) is 74.5 Å². The zero-order valence-corrected chi connectivity index (χ0v) is 14.9. The van der Waals surface area contributed by atoms with Gasteiger partial charge in [0.2, 0.25) is 0 Å². The molecule has 0 aliphatic heterocycles. The van der Waals surface area contributed by atoms with E-state index in [1.54, 1.807) is 0 Å². The smallest absolute Gasteiger partial charge is 0.0353 e. The second kappa shape index (κ2) is 13.9. The van der Waals surface area contributed by atoms with Crippen molar-refractivity contribution in [3.63, 3.8) is 0 Å². The molecule has 0 nitrogen and oxygen atoms in total. The van der Waals surface area contributed by atoms with Gasteiger partial charge in [-0.25, -0.2) is 0 Å². The minimum Gasteiger partial charge on any atom is -0.103 e. The molecule has 0 heterocycles. The summed E-state index contributed by atoms with van der Waals surface area (Å²) in [4.78, 5) is 0. The maximum atomic E-state index is 3.72. The van der Waals surface area contributed by atoms with E-state index < -0.39 is 0 Å². The number of aryl methyl sites for hydroxylation is 3. The first-order valence-electron chi connectivity index (χ1n) is 8.76. The van der Waals surface area contributed by atoms with Crippen LogP contribution in [0.1, 0.15) is 81.4 Å². The number of benzene rings is 1. The Kier molecular flexibility index (Phi) is 13.2. The van der Waals surface area contributed by atoms with Crippen molar-refractivity contribution in [3.8, 4) is 0 Å². The van der Waals surface area contributed by atoms with Gasteiger partial charge < -0.3 is 0 Å². The highest BCUT2D eigenvalue weighted by atomic mass is 14.0. The first-order chi connectivity index (χ1) is 10.1. The van der Waals surface area contributed by atoms with Crippen LogP contribution in [-0.2, 0) is 0 Å². The van der Waals surface area contributed by atoms with Gasteiger partial charge in [-0.15, -0.1) is 6.58 Å². The van der Waals surface area contributed by atoms with Crippen LogP contribution < -0.4 is 0 Å². The summed E-state index contributed by atoms with van der Waals surface area (Å²) in [5.41, 5.74) is 4.06. The zero-order chi connectivity index (χ0) is 15.9. The predicted molar refractivity (Wildman–Crippen MR) is 98.1 cm³/mol. The Morgan fingerprint density at radius 1 is 0.714 bits per heavy atom. The van der Waals surface area contributed by atoms with Crippen molar-refractivity contribution in [2.24, 2.45) is 0 Å². The van der Waals surface area contributed by atoms with Crippen LogP contribution in [0.3, 0.4) is 0 Å². The zero-order valence-electron chi connectivity index (χ0n) is 14.9. The van der Waals surface area contributed by atoms with E-state index in [1.807, 2.05) is 6.08 Å². The normalized spacial score (nSPS) is 9.90. The van der Waals surface area contributed by atoms with Gasteiger partial charge >= 0.3 is 0 Å². The molecule has 0 aromatic heterocycles. The Bertz CT molecular complexity index is 312. The number of hydrogen-bond acceptors (Lipinski definition) is 0. The summed E-state index contributed by atoms with van der Waals surface area (Å²) in [5, 5.41) is 0. The minimum absolute atomic E-state index is 1.20. The average Bonchev–Trinajstić information content (AvgIpc) is 2.41. The minimum atomic E-state index is 1.20. The summed E-state index contributed by atoms with van der Waals surface area (Å²) >= 11 is 0. The van der Waals surface area contributed by atoms with Crippen LogP contribution in [0.15, 0.2) is 30.9 Å². The lowest BCUT2D eigenvalue weighted by atomic mass is 10.1. The predicted octanol–water partition coefficient (Wildman–Crippen LogP) is 7.32. The first kappa shape index (κ1) is 20.0. The summed E-state index contributed by atoms with van der Waals surface area (Å²) in [6.07, 6.45) is 14.5. The topological polar surface area (TPSA) is 0 Å². The van der Waals surface area contributed by atoms with Crippen LogP contribution in [0.2, 0.25) is 0 Å². The van der Waals surface area contributed by atoms with Crippen LogP contribution >= 0.6 is 0 Å². The number of unbranched alkanes of at least 4 members (excludes halogenated alkanes) is 8. The van der Waals surface area contributed by atoms with E-state index in [9.17, 15) is 0 Å². The van der Waals surface area contributed by atoms with Gasteiger partial charge in [-0.05, 0) is 33.6 Å². The van der Waals surface area contributed by atoms with Crippen LogP contribution in [0.4, 0.5) is 0 Å². The fourth-order valence-electron chi connectivity index (χ4n) is 2.62. The Hall–Kier alpha value is -1.04. The molecule has 0 heteroatoms. The molecule has 0 N–H and O–H groups in total. The molecule has 0 radical (unpaired) electrons. The van der Waals surface area contributed by atoms with E-state index >= 15 is 0 Å². The molecule has 0 aliphatic rings. The van der Waals surface area contributed by atoms with E-state index in [-0.39, 0.29) is 0 Å². The van der Waals surface area contributed by atoms with Crippen molar-refractivity contribution in [1.82, 2.24) is 0 Å². The lowest BCUT2D eigenvalue weighted by Crippen LogP contribution is -1.79. The van der Waals surface area contributed by atoms with Gasteiger partial charge in [-0.2, -0.15) is 0 Å². The van der Waals surface area contributed by atoms with Crippen molar-refractivity contribution in [3.05, 3.63) is 47.5 Å². The quantitative estimate of drug-likeness (QED) is 0.330. The molecule has 0 unspecified atom stereocenters. The Morgan fingerprint density at radius 2 is 1.10 bits per heavy atom. The molecular formula is C21H36. The molecule has 0 saturated carbocycles. The van der Waals surface area contributed by atoms with Crippen molar-refractivity contribution in [2.45, 2.75) is 85.5 Å². The molecule has 0 aliphatic carbocycles. The Morgan fingerprint density at radius 3 is 1.48 bits per heavy atom. The van der Waals surface area contributed by atoms with Crippen molar-refractivity contribution in [1.29, 1.82) is 0 Å². The number of hydrogen-bond donors (Lipinski definition) is 0. The SMILES string of the molecule is C=CCCCCCCCCCC.Cc1cc(C)cc(C)c1. The van der Waals surface area contributed by atoms with Crippen molar-refractivity contribution < 1.29 is 0 Å². The van der Waals surface area contributed by atoms with E-state index in [2.05, 4.69) is 52.5 Å². The highest BCUT2D eigenvalue weighted by molar-refractivity contribution is 5.27. The number of rotatable bonds is 9. The molecule has 0 fully saturated rings. The second-order valence-electron chi connectivity index (χ2n) is 6.22. The number of allylic oxidation sites excluding steroid dienone is 1. The molecule has 0 atom stereocenters. The molecule has 21 heavy (non-hydrogen) atoms. The van der Waals surface area contributed by atoms with Gasteiger partial charge in [0.05, 0.1) is 0 Å². The molecule has 0 amide bonds. The van der Waals surface area contributed by atoms with E-state index in [4.69, 9.17) is 0 Å². The molecule has 0 saturated heterocycles. The summed E-state index contributed by atoms with van der Waals surface area (Å²) < 4.78 is 0. The van der Waals surface area contributed by atoms with Gasteiger partial charge in [0.15, 0.2) is 0 Å². The summed E-state index contributed by atoms with van der Waals surface area (Å²) in [6.45, 7) is 12.4. The lowest BCUT2D eigenvalue weighted by Gasteiger charge is -1.99. The Labute approximate surface area is 133 Å². The summed E-state index contributed by atoms with van der Waals surface area (Å²) in [6, 6.07) is 6.56. The largest absolute Gasteiger partial charge is 0.103 e. The van der Waals surface area contributed by atoms with Gasteiger partial charge in [-0.1, -0.05) is 92.8 Å². The van der Waals surface area contributed by atoms with Crippen molar-refractivity contribution in [2.75, 3.05) is 0 Å². The molecular weight excluding hydrogens is 252 g/mol. The van der Waals surface area contributed by atoms with Crippen molar-refractivity contribution >= 4 is 0 Å². The third kappa shape index (κ3) is 13.7. The van der Waals surface area contributed by atoms with Gasteiger partial charge in [0.1, 0.15) is 0 Å². The van der Waals surface area contributed by atoms with E-state index in [0.29, 0.717) is 0 Å². The van der Waals surface area contributed by atoms with Crippen LogP contribution in [0.25, 0.3) is 0 Å². The first-order valence-corrected chi connectivity index (χ1v) is 8.76. The van der Waals surface area contributed by atoms with Crippen LogP contribution in [0.5, 0.6) is 0 Å². The standard InChI is InChI=1S/C12H24.C9H12/c1-3-5-7-9-11-12-10-8-6-4-2;1-7-4-8(2)6-9(3)5-7/h3H,1,4-12H2,2H3;4-6H,1-3H3. The maximum Gasteiger partial charge on any atom is -0.0353 e. The average molecular weight is 289 g/mol. The van der Waals surface area contributed by atoms with Gasteiger partial charge in [0, 0.05) is 0 Å². The maximum absolute atomic E-state index is 3.72. The molecule has 1 aromatic rings. The molecule has 120 valence electrons. The van der Waals surface area contributed by atoms with Crippen LogP contribution in [0, 0.1) is 20.8 Å². The van der Waals surface area contributed by atoms with Gasteiger partial charge in [0.25, 0.3) is 0 Å².